The minimum atomic E-state index is 0.353. The van der Waals surface area contributed by atoms with E-state index in [1.54, 1.807) is 0 Å². The summed E-state index contributed by atoms with van der Waals surface area (Å²) in [6, 6.07) is 4.47. The van der Waals surface area contributed by atoms with Crippen LogP contribution in [0, 0.1) is 5.92 Å². The fraction of sp³-hybridized carbons (Fsp3) is 0.615. The Bertz CT molecular complexity index is 258. The molecule has 0 aliphatic carbocycles. The van der Waals surface area contributed by atoms with E-state index in [0.717, 1.165) is 19.3 Å². The maximum atomic E-state index is 6.08. The average molecular weight is 206 g/mol. The Morgan fingerprint density at radius 3 is 2.87 bits per heavy atom. The number of nitrogens with two attached hydrogens (primary N) is 1. The van der Waals surface area contributed by atoms with Crippen molar-refractivity contribution in [3.63, 3.8) is 0 Å². The summed E-state index contributed by atoms with van der Waals surface area (Å²) in [7, 11) is 0. The maximum Gasteiger partial charge on any atom is 0.0299 e. The highest BCUT2D eigenvalue weighted by Crippen LogP contribution is 2.12. The molecule has 2 heteroatoms. The molecule has 2 atom stereocenters. The Morgan fingerprint density at radius 2 is 2.27 bits per heavy atom. The number of pyridine rings is 1. The monoisotopic (exact) mass is 206 g/mol. The molecule has 0 aromatic carbocycles. The van der Waals surface area contributed by atoms with E-state index >= 15 is 0 Å². The van der Waals surface area contributed by atoms with Gasteiger partial charge in [-0.2, -0.15) is 0 Å². The van der Waals surface area contributed by atoms with E-state index in [9.17, 15) is 0 Å². The predicted octanol–water partition coefficient (Wildman–Crippen LogP) is 2.78. The van der Waals surface area contributed by atoms with Gasteiger partial charge in [-0.25, -0.2) is 0 Å². The fourth-order valence-electron chi connectivity index (χ4n) is 1.68. The fourth-order valence-corrected chi connectivity index (χ4v) is 1.68. The van der Waals surface area contributed by atoms with E-state index in [0.29, 0.717) is 12.0 Å². The molecule has 0 radical (unpaired) electrons. The summed E-state index contributed by atoms with van der Waals surface area (Å²) in [4.78, 5) is 4.10. The molecule has 15 heavy (non-hydrogen) atoms. The number of nitrogens with zero attached hydrogens (tertiary/aromatic N) is 1. The van der Waals surface area contributed by atoms with E-state index in [1.165, 1.54) is 12.0 Å². The third-order valence-corrected chi connectivity index (χ3v) is 3.10. The summed E-state index contributed by atoms with van der Waals surface area (Å²) >= 11 is 0. The Hall–Kier alpha value is -0.890. The molecular formula is C13H22N2. The maximum absolute atomic E-state index is 6.08. The molecule has 2 unspecified atom stereocenters. The SMILES string of the molecule is CCC(C)C(N)CCCc1cccnc1. The van der Waals surface area contributed by atoms with Crippen molar-refractivity contribution in [1.29, 1.82) is 0 Å². The van der Waals surface area contributed by atoms with Gasteiger partial charge in [0.2, 0.25) is 0 Å². The molecule has 0 fully saturated rings. The first-order chi connectivity index (χ1) is 7.24. The molecule has 1 rings (SSSR count). The van der Waals surface area contributed by atoms with Crippen molar-refractivity contribution in [2.45, 2.75) is 45.6 Å². The van der Waals surface area contributed by atoms with E-state index < -0.39 is 0 Å². The first-order valence-electron chi connectivity index (χ1n) is 5.88. The summed E-state index contributed by atoms with van der Waals surface area (Å²) in [5, 5.41) is 0. The molecule has 1 heterocycles. The Morgan fingerprint density at radius 1 is 1.47 bits per heavy atom. The van der Waals surface area contributed by atoms with Crippen LogP contribution in [0.4, 0.5) is 0 Å². The van der Waals surface area contributed by atoms with Gasteiger partial charge in [-0.15, -0.1) is 0 Å². The zero-order valence-corrected chi connectivity index (χ0v) is 9.82. The molecule has 0 bridgehead atoms. The van der Waals surface area contributed by atoms with Crippen LogP contribution in [0.1, 0.15) is 38.7 Å². The second kappa shape index (κ2) is 6.57. The Balaban J connectivity index is 2.22. The Kier molecular flexibility index (Phi) is 5.33. The quantitative estimate of drug-likeness (QED) is 0.777. The smallest absolute Gasteiger partial charge is 0.0299 e. The van der Waals surface area contributed by atoms with Crippen LogP contribution in [0.2, 0.25) is 0 Å². The van der Waals surface area contributed by atoms with E-state index in [2.05, 4.69) is 24.9 Å². The number of hydrogen-bond donors (Lipinski definition) is 1. The highest BCUT2D eigenvalue weighted by Gasteiger charge is 2.09. The normalized spacial score (nSPS) is 14.9. The molecule has 1 aromatic heterocycles. The van der Waals surface area contributed by atoms with Crippen molar-refractivity contribution >= 4 is 0 Å². The van der Waals surface area contributed by atoms with Gasteiger partial charge in [0, 0.05) is 18.4 Å². The van der Waals surface area contributed by atoms with Crippen LogP contribution in [0.3, 0.4) is 0 Å². The number of aryl methyl sites for hydroxylation is 1. The van der Waals surface area contributed by atoms with Gasteiger partial charge in [-0.3, -0.25) is 4.98 Å². The minimum absolute atomic E-state index is 0.353. The molecule has 84 valence electrons. The lowest BCUT2D eigenvalue weighted by atomic mass is 9.94. The summed E-state index contributed by atoms with van der Waals surface area (Å²) in [5.74, 6) is 0.638. The topological polar surface area (TPSA) is 38.9 Å². The van der Waals surface area contributed by atoms with Crippen LogP contribution in [-0.2, 0) is 6.42 Å². The van der Waals surface area contributed by atoms with E-state index in [4.69, 9.17) is 5.73 Å². The zero-order valence-electron chi connectivity index (χ0n) is 9.82. The van der Waals surface area contributed by atoms with Crippen LogP contribution in [0.5, 0.6) is 0 Å². The molecule has 0 saturated carbocycles. The molecule has 0 spiro atoms. The van der Waals surface area contributed by atoms with Crippen LogP contribution >= 0.6 is 0 Å². The van der Waals surface area contributed by atoms with Crippen molar-refractivity contribution in [3.05, 3.63) is 30.1 Å². The van der Waals surface area contributed by atoms with Crippen LogP contribution in [0.25, 0.3) is 0 Å². The molecule has 0 amide bonds. The van der Waals surface area contributed by atoms with Crippen molar-refractivity contribution in [1.82, 2.24) is 4.98 Å². The van der Waals surface area contributed by atoms with E-state index in [1.807, 2.05) is 18.5 Å². The van der Waals surface area contributed by atoms with Gasteiger partial charge in [-0.05, 0) is 36.8 Å². The summed E-state index contributed by atoms with van der Waals surface area (Å²) in [5.41, 5.74) is 7.39. The molecular weight excluding hydrogens is 184 g/mol. The molecule has 2 N–H and O–H groups in total. The second-order valence-corrected chi connectivity index (χ2v) is 4.30. The van der Waals surface area contributed by atoms with Crippen LogP contribution in [0.15, 0.2) is 24.5 Å². The van der Waals surface area contributed by atoms with E-state index in [-0.39, 0.29) is 0 Å². The molecule has 0 aliphatic rings. The average Bonchev–Trinajstić information content (AvgIpc) is 2.29. The number of aromatic nitrogens is 1. The first kappa shape index (κ1) is 12.2. The molecule has 0 aliphatic heterocycles. The standard InChI is InChI=1S/C13H22N2/c1-3-11(2)13(14)8-4-6-12-7-5-9-15-10-12/h5,7,9-11,13H,3-4,6,8,14H2,1-2H3. The highest BCUT2D eigenvalue weighted by molar-refractivity contribution is 5.08. The van der Waals surface area contributed by atoms with Crippen LogP contribution in [-0.4, -0.2) is 11.0 Å². The second-order valence-electron chi connectivity index (χ2n) is 4.30. The lowest BCUT2D eigenvalue weighted by Crippen LogP contribution is -2.27. The zero-order chi connectivity index (χ0) is 11.1. The first-order valence-corrected chi connectivity index (χ1v) is 5.88. The third-order valence-electron chi connectivity index (χ3n) is 3.10. The summed E-state index contributed by atoms with van der Waals surface area (Å²) in [6.07, 6.45) is 8.30. The van der Waals surface area contributed by atoms with Crippen molar-refractivity contribution in [2.24, 2.45) is 11.7 Å². The van der Waals surface area contributed by atoms with Gasteiger partial charge in [0.15, 0.2) is 0 Å². The molecule has 2 nitrogen and oxygen atoms in total. The van der Waals surface area contributed by atoms with Crippen molar-refractivity contribution in [2.75, 3.05) is 0 Å². The highest BCUT2D eigenvalue weighted by atomic mass is 14.6. The van der Waals surface area contributed by atoms with Crippen LogP contribution < -0.4 is 5.73 Å². The Labute approximate surface area is 92.9 Å². The van der Waals surface area contributed by atoms with Crippen molar-refractivity contribution < 1.29 is 0 Å². The summed E-state index contributed by atoms with van der Waals surface area (Å²) in [6.45, 7) is 4.43. The lowest BCUT2D eigenvalue weighted by Gasteiger charge is -2.17. The van der Waals surface area contributed by atoms with Gasteiger partial charge in [-0.1, -0.05) is 26.3 Å². The van der Waals surface area contributed by atoms with Gasteiger partial charge < -0.3 is 5.73 Å². The molecule has 0 saturated heterocycles. The third kappa shape index (κ3) is 4.43. The van der Waals surface area contributed by atoms with Gasteiger partial charge >= 0.3 is 0 Å². The van der Waals surface area contributed by atoms with Gasteiger partial charge in [0.1, 0.15) is 0 Å². The largest absolute Gasteiger partial charge is 0.327 e. The van der Waals surface area contributed by atoms with Gasteiger partial charge in [0.25, 0.3) is 0 Å². The molecule has 1 aromatic rings. The number of hydrogen-bond acceptors (Lipinski definition) is 2. The van der Waals surface area contributed by atoms with Crippen molar-refractivity contribution in [3.8, 4) is 0 Å². The predicted molar refractivity (Wildman–Crippen MR) is 64.6 cm³/mol. The lowest BCUT2D eigenvalue weighted by molar-refractivity contribution is 0.411. The number of rotatable bonds is 6. The summed E-state index contributed by atoms with van der Waals surface area (Å²) < 4.78 is 0. The van der Waals surface area contributed by atoms with Gasteiger partial charge in [0.05, 0.1) is 0 Å². The minimum Gasteiger partial charge on any atom is -0.327 e.